The number of aliphatic hydroxyl groups excluding tert-OH is 1. The fourth-order valence-electron chi connectivity index (χ4n) is 3.90. The predicted molar refractivity (Wildman–Crippen MR) is 86.6 cm³/mol. The van der Waals surface area contributed by atoms with Crippen LogP contribution in [0, 0.1) is 0 Å². The molecule has 2 atom stereocenters. The average molecular weight is 302 g/mol. The summed E-state index contributed by atoms with van der Waals surface area (Å²) in [5.74, 6) is 0.169. The van der Waals surface area contributed by atoms with Crippen LogP contribution in [0.3, 0.4) is 0 Å². The maximum Gasteiger partial charge on any atom is 0.237 e. The van der Waals surface area contributed by atoms with E-state index in [1.807, 2.05) is 11.9 Å². The highest BCUT2D eigenvalue weighted by molar-refractivity contribution is 5.78. The zero-order valence-corrected chi connectivity index (χ0v) is 13.4. The number of carbonyl (C=O) groups is 1. The van der Waals surface area contributed by atoms with Crippen molar-refractivity contribution in [2.24, 2.45) is 0 Å². The van der Waals surface area contributed by atoms with E-state index in [-0.39, 0.29) is 24.6 Å². The lowest BCUT2D eigenvalue weighted by atomic mass is 9.87. The summed E-state index contributed by atoms with van der Waals surface area (Å²) >= 11 is 0. The molecule has 120 valence electrons. The van der Waals surface area contributed by atoms with Crippen molar-refractivity contribution >= 4 is 5.91 Å². The van der Waals surface area contributed by atoms with Crippen LogP contribution < -0.4 is 0 Å². The van der Waals surface area contributed by atoms with Crippen LogP contribution in [0.1, 0.15) is 42.9 Å². The third-order valence-corrected chi connectivity index (χ3v) is 5.25. The summed E-state index contributed by atoms with van der Waals surface area (Å²) in [6.07, 6.45) is 5.38. The monoisotopic (exact) mass is 302 g/mol. The third kappa shape index (κ3) is 3.03. The molecule has 1 amide bonds. The first kappa shape index (κ1) is 15.5. The Kier molecular flexibility index (Phi) is 4.79. The Bertz CT molecular complexity index is 532. The van der Waals surface area contributed by atoms with Crippen molar-refractivity contribution in [3.05, 3.63) is 35.4 Å². The number of nitrogens with zero attached hydrogens (tertiary/aromatic N) is 2. The molecule has 2 unspecified atom stereocenters. The van der Waals surface area contributed by atoms with Crippen molar-refractivity contribution in [1.82, 2.24) is 9.80 Å². The fourth-order valence-corrected chi connectivity index (χ4v) is 3.90. The van der Waals surface area contributed by atoms with Gasteiger partial charge in [0.05, 0.1) is 19.2 Å². The molecule has 1 aliphatic carbocycles. The Morgan fingerprint density at radius 2 is 2.14 bits per heavy atom. The second-order valence-electron chi connectivity index (χ2n) is 6.56. The van der Waals surface area contributed by atoms with Gasteiger partial charge in [0.15, 0.2) is 0 Å². The molecule has 1 aromatic carbocycles. The van der Waals surface area contributed by atoms with Gasteiger partial charge in [-0.25, -0.2) is 0 Å². The molecule has 1 aliphatic heterocycles. The first-order valence-electron chi connectivity index (χ1n) is 8.39. The van der Waals surface area contributed by atoms with E-state index in [1.165, 1.54) is 11.1 Å². The number of rotatable bonds is 4. The Labute approximate surface area is 132 Å². The van der Waals surface area contributed by atoms with Crippen molar-refractivity contribution in [2.45, 2.75) is 44.2 Å². The minimum absolute atomic E-state index is 0.156. The summed E-state index contributed by atoms with van der Waals surface area (Å²) in [5.41, 5.74) is 2.69. The van der Waals surface area contributed by atoms with E-state index >= 15 is 0 Å². The van der Waals surface area contributed by atoms with Crippen LogP contribution >= 0.6 is 0 Å². The van der Waals surface area contributed by atoms with Gasteiger partial charge in [-0.1, -0.05) is 24.3 Å². The molecule has 0 spiro atoms. The molecule has 1 saturated heterocycles. The van der Waals surface area contributed by atoms with E-state index in [4.69, 9.17) is 0 Å². The molecule has 1 N–H and O–H groups in total. The molecule has 2 aliphatic rings. The molecule has 0 aromatic heterocycles. The summed E-state index contributed by atoms with van der Waals surface area (Å²) in [7, 11) is 1.93. The highest BCUT2D eigenvalue weighted by Gasteiger charge is 2.30. The van der Waals surface area contributed by atoms with Gasteiger partial charge < -0.3 is 10.0 Å². The first-order valence-corrected chi connectivity index (χ1v) is 8.39. The van der Waals surface area contributed by atoms with E-state index in [0.717, 1.165) is 38.6 Å². The topological polar surface area (TPSA) is 43.8 Å². The van der Waals surface area contributed by atoms with Gasteiger partial charge in [-0.3, -0.25) is 9.69 Å². The first-order chi connectivity index (χ1) is 10.7. The molecular formula is C18H26N2O2. The van der Waals surface area contributed by atoms with Crippen LogP contribution in [0.25, 0.3) is 0 Å². The van der Waals surface area contributed by atoms with Gasteiger partial charge in [0.1, 0.15) is 0 Å². The molecule has 3 rings (SSSR count). The number of amides is 1. The number of aliphatic hydroxyl groups is 1. The Hall–Kier alpha value is -1.39. The van der Waals surface area contributed by atoms with E-state index in [1.54, 1.807) is 0 Å². The second kappa shape index (κ2) is 6.80. The van der Waals surface area contributed by atoms with Crippen LogP contribution in [-0.4, -0.2) is 53.6 Å². The number of hydrogen-bond donors (Lipinski definition) is 1. The Morgan fingerprint density at radius 1 is 1.32 bits per heavy atom. The molecule has 0 radical (unpaired) electrons. The predicted octanol–water partition coefficient (Wildman–Crippen LogP) is 1.98. The second-order valence-corrected chi connectivity index (χ2v) is 6.56. The van der Waals surface area contributed by atoms with Gasteiger partial charge in [0.25, 0.3) is 0 Å². The van der Waals surface area contributed by atoms with Crippen molar-refractivity contribution in [3.8, 4) is 0 Å². The van der Waals surface area contributed by atoms with Crippen LogP contribution in [0.5, 0.6) is 0 Å². The lowest BCUT2D eigenvalue weighted by Crippen LogP contribution is -2.43. The largest absolute Gasteiger partial charge is 0.395 e. The van der Waals surface area contributed by atoms with Crippen molar-refractivity contribution in [1.29, 1.82) is 0 Å². The zero-order chi connectivity index (χ0) is 15.5. The minimum atomic E-state index is 0.156. The Balaban J connectivity index is 1.69. The molecule has 1 heterocycles. The SMILES string of the molecule is CN(C(=O)CN1CCCC1CO)C1CCCc2ccccc21. The summed E-state index contributed by atoms with van der Waals surface area (Å²) in [4.78, 5) is 16.7. The van der Waals surface area contributed by atoms with Gasteiger partial charge in [0, 0.05) is 13.1 Å². The van der Waals surface area contributed by atoms with E-state index in [2.05, 4.69) is 29.2 Å². The van der Waals surface area contributed by atoms with Crippen LogP contribution in [0.15, 0.2) is 24.3 Å². The minimum Gasteiger partial charge on any atom is -0.395 e. The molecule has 4 heteroatoms. The standard InChI is InChI=1S/C18H26N2O2/c1-19(18(22)12-20-11-5-8-15(20)13-21)17-10-4-7-14-6-2-3-9-16(14)17/h2-3,6,9,15,17,21H,4-5,7-8,10-13H2,1H3. The number of hydrogen-bond acceptors (Lipinski definition) is 3. The van der Waals surface area contributed by atoms with E-state index < -0.39 is 0 Å². The van der Waals surface area contributed by atoms with Crippen molar-refractivity contribution in [2.75, 3.05) is 26.7 Å². The maximum absolute atomic E-state index is 12.7. The number of aryl methyl sites for hydroxylation is 1. The quantitative estimate of drug-likeness (QED) is 0.925. The number of benzene rings is 1. The fraction of sp³-hybridized carbons (Fsp3) is 0.611. The highest BCUT2D eigenvalue weighted by atomic mass is 16.3. The highest BCUT2D eigenvalue weighted by Crippen LogP contribution is 2.33. The number of likely N-dealkylation sites (tertiary alicyclic amines) is 1. The average Bonchev–Trinajstić information content (AvgIpc) is 3.00. The number of likely N-dealkylation sites (N-methyl/N-ethyl adjacent to an activating group) is 1. The van der Waals surface area contributed by atoms with Crippen LogP contribution in [0.4, 0.5) is 0 Å². The smallest absolute Gasteiger partial charge is 0.237 e. The lowest BCUT2D eigenvalue weighted by molar-refractivity contribution is -0.134. The normalized spacial score (nSPS) is 25.0. The molecule has 0 bridgehead atoms. The summed E-state index contributed by atoms with van der Waals surface area (Å²) < 4.78 is 0. The van der Waals surface area contributed by atoms with E-state index in [9.17, 15) is 9.90 Å². The Morgan fingerprint density at radius 3 is 2.95 bits per heavy atom. The number of fused-ring (bicyclic) bond motifs is 1. The summed E-state index contributed by atoms with van der Waals surface area (Å²) in [5, 5.41) is 9.40. The van der Waals surface area contributed by atoms with Gasteiger partial charge >= 0.3 is 0 Å². The summed E-state index contributed by atoms with van der Waals surface area (Å²) in [6, 6.07) is 8.86. The van der Waals surface area contributed by atoms with Gasteiger partial charge in [-0.2, -0.15) is 0 Å². The molecular weight excluding hydrogens is 276 g/mol. The molecule has 1 aromatic rings. The van der Waals surface area contributed by atoms with E-state index in [0.29, 0.717) is 6.54 Å². The van der Waals surface area contributed by atoms with Crippen molar-refractivity contribution in [3.63, 3.8) is 0 Å². The molecule has 22 heavy (non-hydrogen) atoms. The molecule has 1 fully saturated rings. The van der Waals surface area contributed by atoms with Gasteiger partial charge in [-0.05, 0) is 49.8 Å². The maximum atomic E-state index is 12.7. The third-order valence-electron chi connectivity index (χ3n) is 5.25. The van der Waals surface area contributed by atoms with Crippen molar-refractivity contribution < 1.29 is 9.90 Å². The van der Waals surface area contributed by atoms with Gasteiger partial charge in [-0.15, -0.1) is 0 Å². The lowest BCUT2D eigenvalue weighted by Gasteiger charge is -2.34. The van der Waals surface area contributed by atoms with Gasteiger partial charge in [0.2, 0.25) is 5.91 Å². The zero-order valence-electron chi connectivity index (χ0n) is 13.4. The van der Waals surface area contributed by atoms with Crippen LogP contribution in [-0.2, 0) is 11.2 Å². The molecule has 0 saturated carbocycles. The van der Waals surface area contributed by atoms with Crippen LogP contribution in [0.2, 0.25) is 0 Å². The number of carbonyl (C=O) groups excluding carboxylic acids is 1. The summed E-state index contributed by atoms with van der Waals surface area (Å²) in [6.45, 7) is 1.51. The molecule has 4 nitrogen and oxygen atoms in total.